The molecule has 0 saturated heterocycles. The quantitative estimate of drug-likeness (QED) is 0.891. The summed E-state index contributed by atoms with van der Waals surface area (Å²) < 4.78 is 5.21. The smallest absolute Gasteiger partial charge is 0.126 e. The van der Waals surface area contributed by atoms with Crippen molar-refractivity contribution in [2.24, 2.45) is 5.73 Å². The first-order chi connectivity index (χ1) is 9.76. The van der Waals surface area contributed by atoms with E-state index in [-0.39, 0.29) is 12.4 Å². The third-order valence-corrected chi connectivity index (χ3v) is 3.66. The van der Waals surface area contributed by atoms with Gasteiger partial charge in [0.2, 0.25) is 0 Å². The van der Waals surface area contributed by atoms with Gasteiger partial charge in [-0.1, -0.05) is 18.2 Å². The minimum Gasteiger partial charge on any atom is -0.497 e. The van der Waals surface area contributed by atoms with Crippen molar-refractivity contribution < 1.29 is 4.74 Å². The number of halogens is 1. The maximum absolute atomic E-state index is 5.84. The summed E-state index contributed by atoms with van der Waals surface area (Å²) in [7, 11) is 1.68. The highest BCUT2D eigenvalue weighted by Gasteiger charge is 2.34. The Balaban J connectivity index is 0.00000161. The molecule has 1 fully saturated rings. The second-order valence-corrected chi connectivity index (χ2v) is 5.19. The summed E-state index contributed by atoms with van der Waals surface area (Å²) in [5.74, 6) is 2.26. The maximum Gasteiger partial charge on any atom is 0.126 e. The molecule has 1 aliphatic carbocycles. The van der Waals surface area contributed by atoms with Crippen LogP contribution < -0.4 is 15.8 Å². The second kappa shape index (κ2) is 6.78. The average Bonchev–Trinajstić information content (AvgIpc) is 3.23. The zero-order valence-corrected chi connectivity index (χ0v) is 12.8. The fourth-order valence-corrected chi connectivity index (χ4v) is 2.30. The topological polar surface area (TPSA) is 60.2 Å². The molecule has 1 aliphatic rings. The fourth-order valence-electron chi connectivity index (χ4n) is 2.30. The predicted molar refractivity (Wildman–Crippen MR) is 87.1 cm³/mol. The number of pyridine rings is 1. The molecule has 3 N–H and O–H groups in total. The molecule has 112 valence electrons. The van der Waals surface area contributed by atoms with Crippen LogP contribution in [-0.2, 0) is 6.54 Å². The standard InChI is InChI=1S/C16H19N3O.ClH/c1-20-13-4-2-3-11(7-13)9-18-16-6-5-12(10-19-16)14-8-15(14)17;/h2-7,10,14-15H,8-9,17H2,1H3,(H,18,19);1H/t14-,15+;/m1./s1. The minimum atomic E-state index is 0. The molecule has 1 heterocycles. The van der Waals surface area contributed by atoms with Crippen LogP contribution in [0.1, 0.15) is 23.5 Å². The highest BCUT2D eigenvalue weighted by Crippen LogP contribution is 2.38. The van der Waals surface area contributed by atoms with Gasteiger partial charge < -0.3 is 15.8 Å². The van der Waals surface area contributed by atoms with Crippen molar-refractivity contribution in [3.8, 4) is 5.75 Å². The van der Waals surface area contributed by atoms with Crippen LogP contribution in [0.15, 0.2) is 42.6 Å². The summed E-state index contributed by atoms with van der Waals surface area (Å²) in [6, 6.07) is 12.5. The molecule has 0 spiro atoms. The lowest BCUT2D eigenvalue weighted by Crippen LogP contribution is -2.03. The van der Waals surface area contributed by atoms with Gasteiger partial charge in [-0.05, 0) is 35.7 Å². The molecule has 2 aromatic rings. The van der Waals surface area contributed by atoms with Crippen molar-refractivity contribution >= 4 is 18.2 Å². The van der Waals surface area contributed by atoms with Gasteiger partial charge in [0.05, 0.1) is 7.11 Å². The monoisotopic (exact) mass is 305 g/mol. The minimum absolute atomic E-state index is 0. The summed E-state index contributed by atoms with van der Waals surface area (Å²) in [5, 5.41) is 3.31. The van der Waals surface area contributed by atoms with Gasteiger partial charge in [0.1, 0.15) is 11.6 Å². The highest BCUT2D eigenvalue weighted by molar-refractivity contribution is 5.85. The van der Waals surface area contributed by atoms with Crippen LogP contribution in [0.25, 0.3) is 0 Å². The van der Waals surface area contributed by atoms with E-state index in [4.69, 9.17) is 10.5 Å². The van der Waals surface area contributed by atoms with Gasteiger partial charge in [-0.2, -0.15) is 0 Å². The summed E-state index contributed by atoms with van der Waals surface area (Å²) in [4.78, 5) is 4.43. The fraction of sp³-hybridized carbons (Fsp3) is 0.312. The SMILES string of the molecule is COc1cccc(CNc2ccc([C@H]3C[C@@H]3N)cn2)c1.Cl. The largest absolute Gasteiger partial charge is 0.497 e. The van der Waals surface area contributed by atoms with Gasteiger partial charge >= 0.3 is 0 Å². The van der Waals surface area contributed by atoms with Crippen LogP contribution in [0.5, 0.6) is 5.75 Å². The number of rotatable bonds is 5. The normalized spacial score (nSPS) is 19.5. The molecule has 0 radical (unpaired) electrons. The first-order valence-corrected chi connectivity index (χ1v) is 6.84. The molecular weight excluding hydrogens is 286 g/mol. The summed E-state index contributed by atoms with van der Waals surface area (Å²) in [6.07, 6.45) is 3.00. The van der Waals surface area contributed by atoms with E-state index >= 15 is 0 Å². The number of methoxy groups -OCH3 is 1. The molecular formula is C16H20ClN3O. The number of nitrogens with one attached hydrogen (secondary N) is 1. The summed E-state index contributed by atoms with van der Waals surface area (Å²) in [5.41, 5.74) is 8.25. The Bertz CT molecular complexity index is 588. The summed E-state index contributed by atoms with van der Waals surface area (Å²) >= 11 is 0. The number of aromatic nitrogens is 1. The van der Waals surface area contributed by atoms with Gasteiger partial charge in [0.25, 0.3) is 0 Å². The lowest BCUT2D eigenvalue weighted by atomic mass is 10.2. The Morgan fingerprint density at radius 2 is 2.14 bits per heavy atom. The highest BCUT2D eigenvalue weighted by atomic mass is 35.5. The van der Waals surface area contributed by atoms with Crippen molar-refractivity contribution in [1.82, 2.24) is 4.98 Å². The maximum atomic E-state index is 5.84. The zero-order valence-electron chi connectivity index (χ0n) is 12.0. The van der Waals surface area contributed by atoms with E-state index in [2.05, 4.69) is 22.4 Å². The number of hydrogen-bond acceptors (Lipinski definition) is 4. The van der Waals surface area contributed by atoms with E-state index in [1.54, 1.807) is 7.11 Å². The zero-order chi connectivity index (χ0) is 13.9. The van der Waals surface area contributed by atoms with E-state index in [0.29, 0.717) is 12.0 Å². The lowest BCUT2D eigenvalue weighted by molar-refractivity contribution is 0.414. The van der Waals surface area contributed by atoms with Gasteiger partial charge in [-0.25, -0.2) is 4.98 Å². The number of nitrogens with two attached hydrogens (primary N) is 1. The number of ether oxygens (including phenoxy) is 1. The number of nitrogens with zero attached hydrogens (tertiary/aromatic N) is 1. The first kappa shape index (κ1) is 15.6. The van der Waals surface area contributed by atoms with E-state index in [1.165, 1.54) is 11.1 Å². The average molecular weight is 306 g/mol. The number of hydrogen-bond donors (Lipinski definition) is 2. The number of anilines is 1. The Hall–Kier alpha value is -1.78. The molecule has 0 amide bonds. The molecule has 0 bridgehead atoms. The van der Waals surface area contributed by atoms with Gasteiger partial charge in [-0.15, -0.1) is 12.4 Å². The molecule has 1 aromatic heterocycles. The molecule has 0 unspecified atom stereocenters. The van der Waals surface area contributed by atoms with E-state index < -0.39 is 0 Å². The van der Waals surface area contributed by atoms with Crippen molar-refractivity contribution in [3.63, 3.8) is 0 Å². The van der Waals surface area contributed by atoms with Crippen molar-refractivity contribution in [3.05, 3.63) is 53.7 Å². The summed E-state index contributed by atoms with van der Waals surface area (Å²) in [6.45, 7) is 0.729. The second-order valence-electron chi connectivity index (χ2n) is 5.19. The Morgan fingerprint density at radius 1 is 1.33 bits per heavy atom. The predicted octanol–water partition coefficient (Wildman–Crippen LogP) is 2.94. The van der Waals surface area contributed by atoms with Crippen LogP contribution >= 0.6 is 12.4 Å². The van der Waals surface area contributed by atoms with Crippen molar-refractivity contribution in [2.75, 3.05) is 12.4 Å². The molecule has 5 heteroatoms. The van der Waals surface area contributed by atoms with Crippen LogP contribution in [0.2, 0.25) is 0 Å². The van der Waals surface area contributed by atoms with Gasteiger partial charge in [0.15, 0.2) is 0 Å². The van der Waals surface area contributed by atoms with Crippen LogP contribution in [0, 0.1) is 0 Å². The molecule has 3 rings (SSSR count). The van der Waals surface area contributed by atoms with Crippen molar-refractivity contribution in [2.45, 2.75) is 24.9 Å². The first-order valence-electron chi connectivity index (χ1n) is 6.84. The Morgan fingerprint density at radius 3 is 2.76 bits per heavy atom. The van der Waals surface area contributed by atoms with E-state index in [1.807, 2.05) is 30.5 Å². The third-order valence-electron chi connectivity index (χ3n) is 3.66. The molecule has 1 aromatic carbocycles. The van der Waals surface area contributed by atoms with E-state index in [0.717, 1.165) is 24.5 Å². The molecule has 0 aliphatic heterocycles. The molecule has 2 atom stereocenters. The van der Waals surface area contributed by atoms with Crippen LogP contribution in [0.4, 0.5) is 5.82 Å². The lowest BCUT2D eigenvalue weighted by Gasteiger charge is -2.08. The molecule has 1 saturated carbocycles. The molecule has 4 nitrogen and oxygen atoms in total. The van der Waals surface area contributed by atoms with Gasteiger partial charge in [0, 0.05) is 24.7 Å². The van der Waals surface area contributed by atoms with Crippen LogP contribution in [0.3, 0.4) is 0 Å². The van der Waals surface area contributed by atoms with Gasteiger partial charge in [-0.3, -0.25) is 0 Å². The van der Waals surface area contributed by atoms with Crippen LogP contribution in [-0.4, -0.2) is 18.1 Å². The Kier molecular flexibility index (Phi) is 5.04. The van der Waals surface area contributed by atoms with E-state index in [9.17, 15) is 0 Å². The molecule has 21 heavy (non-hydrogen) atoms. The third kappa shape index (κ3) is 3.86. The van der Waals surface area contributed by atoms with Crippen molar-refractivity contribution in [1.29, 1.82) is 0 Å². The Labute approximate surface area is 131 Å². The number of benzene rings is 1.